The summed E-state index contributed by atoms with van der Waals surface area (Å²) in [5.41, 5.74) is 5.48. The van der Waals surface area contributed by atoms with Crippen molar-refractivity contribution >= 4 is 17.2 Å². The van der Waals surface area contributed by atoms with Gasteiger partial charge >= 0.3 is 0 Å². The second-order valence-electron chi connectivity index (χ2n) is 5.18. The van der Waals surface area contributed by atoms with Crippen LogP contribution in [0.25, 0.3) is 0 Å². The number of thiophene rings is 1. The van der Waals surface area contributed by atoms with Crippen LogP contribution in [-0.4, -0.2) is 11.9 Å². The highest BCUT2D eigenvalue weighted by Gasteiger charge is 2.22. The first kappa shape index (κ1) is 13.2. The van der Waals surface area contributed by atoms with Crippen LogP contribution < -0.4 is 11.1 Å². The van der Waals surface area contributed by atoms with E-state index in [9.17, 15) is 4.79 Å². The van der Waals surface area contributed by atoms with Crippen molar-refractivity contribution in [2.45, 2.75) is 39.8 Å². The second kappa shape index (κ2) is 5.46. The van der Waals surface area contributed by atoms with Crippen molar-refractivity contribution in [3.8, 4) is 0 Å². The number of primary amides is 1. The standard InChI is InChI=1S/C12H20N2OS/c1-12(2,3)7-10(11(13)15)14-8-9-5-4-6-16-9/h4-6,10,14H,7-8H2,1-3H3,(H2,13,15). The van der Waals surface area contributed by atoms with Crippen LogP contribution in [0.15, 0.2) is 17.5 Å². The second-order valence-corrected chi connectivity index (χ2v) is 6.21. The smallest absolute Gasteiger partial charge is 0.234 e. The van der Waals surface area contributed by atoms with Crippen molar-refractivity contribution in [1.29, 1.82) is 0 Å². The molecule has 90 valence electrons. The molecule has 0 aromatic carbocycles. The maximum atomic E-state index is 11.3. The molecule has 0 fully saturated rings. The number of nitrogens with two attached hydrogens (primary N) is 1. The molecule has 0 aliphatic carbocycles. The Hall–Kier alpha value is -0.870. The van der Waals surface area contributed by atoms with Crippen molar-refractivity contribution in [3.63, 3.8) is 0 Å². The van der Waals surface area contributed by atoms with Crippen LogP contribution in [0.5, 0.6) is 0 Å². The van der Waals surface area contributed by atoms with Gasteiger partial charge in [-0.3, -0.25) is 4.79 Å². The highest BCUT2D eigenvalue weighted by atomic mass is 32.1. The summed E-state index contributed by atoms with van der Waals surface area (Å²) in [6, 6.07) is 3.81. The highest BCUT2D eigenvalue weighted by Crippen LogP contribution is 2.21. The molecule has 1 heterocycles. The van der Waals surface area contributed by atoms with Gasteiger partial charge in [0.1, 0.15) is 0 Å². The molecule has 1 unspecified atom stereocenters. The molecule has 0 bridgehead atoms. The van der Waals surface area contributed by atoms with Crippen LogP contribution in [0.2, 0.25) is 0 Å². The lowest BCUT2D eigenvalue weighted by Gasteiger charge is -2.24. The van der Waals surface area contributed by atoms with Crippen molar-refractivity contribution in [2.75, 3.05) is 0 Å². The van der Waals surface area contributed by atoms with Gasteiger partial charge in [-0.25, -0.2) is 0 Å². The third-order valence-electron chi connectivity index (χ3n) is 2.26. The first-order chi connectivity index (χ1) is 7.38. The fraction of sp³-hybridized carbons (Fsp3) is 0.583. The van der Waals surface area contributed by atoms with E-state index in [4.69, 9.17) is 5.73 Å². The normalized spacial score (nSPS) is 13.7. The van der Waals surface area contributed by atoms with E-state index in [1.54, 1.807) is 11.3 Å². The zero-order chi connectivity index (χ0) is 12.2. The van der Waals surface area contributed by atoms with Crippen LogP contribution in [0.4, 0.5) is 0 Å². The molecule has 1 atom stereocenters. The quantitative estimate of drug-likeness (QED) is 0.828. The van der Waals surface area contributed by atoms with E-state index in [2.05, 4.69) is 26.1 Å². The van der Waals surface area contributed by atoms with Crippen LogP contribution in [0.3, 0.4) is 0 Å². The van der Waals surface area contributed by atoms with E-state index in [-0.39, 0.29) is 17.4 Å². The largest absolute Gasteiger partial charge is 0.368 e. The fourth-order valence-electron chi connectivity index (χ4n) is 1.52. The summed E-state index contributed by atoms with van der Waals surface area (Å²) in [4.78, 5) is 12.5. The summed E-state index contributed by atoms with van der Waals surface area (Å²) in [5.74, 6) is -0.272. The van der Waals surface area contributed by atoms with Crippen molar-refractivity contribution in [2.24, 2.45) is 11.1 Å². The molecular weight excluding hydrogens is 220 g/mol. The summed E-state index contributed by atoms with van der Waals surface area (Å²) >= 11 is 1.68. The summed E-state index contributed by atoms with van der Waals surface area (Å²) in [6.07, 6.45) is 0.758. The molecule has 3 N–H and O–H groups in total. The van der Waals surface area contributed by atoms with Gasteiger partial charge in [0.2, 0.25) is 5.91 Å². The Morgan fingerprint density at radius 1 is 1.56 bits per heavy atom. The molecule has 16 heavy (non-hydrogen) atoms. The van der Waals surface area contributed by atoms with E-state index in [1.165, 1.54) is 4.88 Å². The van der Waals surface area contributed by atoms with E-state index in [1.807, 2.05) is 17.5 Å². The molecule has 1 aromatic heterocycles. The third kappa shape index (κ3) is 4.77. The Morgan fingerprint density at radius 2 is 2.25 bits per heavy atom. The van der Waals surface area contributed by atoms with Gasteiger partial charge in [-0.05, 0) is 23.3 Å². The monoisotopic (exact) mass is 240 g/mol. The molecule has 0 saturated carbocycles. The molecule has 4 heteroatoms. The van der Waals surface area contributed by atoms with Gasteiger partial charge in [0.15, 0.2) is 0 Å². The van der Waals surface area contributed by atoms with Crippen LogP contribution in [-0.2, 0) is 11.3 Å². The van der Waals surface area contributed by atoms with Gasteiger partial charge in [-0.2, -0.15) is 0 Å². The van der Waals surface area contributed by atoms with Gasteiger partial charge in [0.05, 0.1) is 6.04 Å². The summed E-state index contributed by atoms with van der Waals surface area (Å²) < 4.78 is 0. The Balaban J connectivity index is 2.49. The van der Waals surface area contributed by atoms with Gasteiger partial charge in [-0.15, -0.1) is 11.3 Å². The zero-order valence-electron chi connectivity index (χ0n) is 10.1. The van der Waals surface area contributed by atoms with Crippen LogP contribution >= 0.6 is 11.3 Å². The molecule has 0 spiro atoms. The minimum absolute atomic E-state index is 0.0994. The lowest BCUT2D eigenvalue weighted by molar-refractivity contribution is -0.120. The lowest BCUT2D eigenvalue weighted by Crippen LogP contribution is -2.43. The molecule has 1 amide bonds. The Bertz CT molecular complexity index is 327. The van der Waals surface area contributed by atoms with Gasteiger partial charge < -0.3 is 11.1 Å². The average Bonchev–Trinajstić information content (AvgIpc) is 2.62. The first-order valence-corrected chi connectivity index (χ1v) is 6.31. The number of amides is 1. The SMILES string of the molecule is CC(C)(C)CC(NCc1cccs1)C(N)=O. The van der Waals surface area contributed by atoms with Crippen molar-refractivity contribution < 1.29 is 4.79 Å². The molecule has 0 aliphatic heterocycles. The Kier molecular flexibility index (Phi) is 4.50. The topological polar surface area (TPSA) is 55.1 Å². The van der Waals surface area contributed by atoms with E-state index >= 15 is 0 Å². The molecular formula is C12H20N2OS. The number of carbonyl (C=O) groups is 1. The van der Waals surface area contributed by atoms with E-state index in [0.29, 0.717) is 6.54 Å². The minimum atomic E-state index is -0.272. The maximum Gasteiger partial charge on any atom is 0.234 e. The zero-order valence-corrected chi connectivity index (χ0v) is 10.9. The number of rotatable bonds is 5. The van der Waals surface area contributed by atoms with Crippen molar-refractivity contribution in [3.05, 3.63) is 22.4 Å². The first-order valence-electron chi connectivity index (χ1n) is 5.43. The average molecular weight is 240 g/mol. The lowest BCUT2D eigenvalue weighted by atomic mass is 9.88. The third-order valence-corrected chi connectivity index (χ3v) is 3.14. The predicted molar refractivity (Wildman–Crippen MR) is 68.2 cm³/mol. The summed E-state index contributed by atoms with van der Waals surface area (Å²) in [5, 5.41) is 5.24. The predicted octanol–water partition coefficient (Wildman–Crippen LogP) is 2.13. The van der Waals surface area contributed by atoms with Gasteiger partial charge in [-0.1, -0.05) is 26.8 Å². The van der Waals surface area contributed by atoms with E-state index < -0.39 is 0 Å². The van der Waals surface area contributed by atoms with E-state index in [0.717, 1.165) is 6.42 Å². The van der Waals surface area contributed by atoms with Crippen LogP contribution in [0.1, 0.15) is 32.1 Å². The number of hydrogen-bond acceptors (Lipinski definition) is 3. The highest BCUT2D eigenvalue weighted by molar-refractivity contribution is 7.09. The molecule has 1 rings (SSSR count). The minimum Gasteiger partial charge on any atom is -0.368 e. The number of nitrogens with one attached hydrogen (secondary N) is 1. The summed E-state index contributed by atoms with van der Waals surface area (Å²) in [7, 11) is 0. The maximum absolute atomic E-state index is 11.3. The number of carbonyl (C=O) groups excluding carboxylic acids is 1. The Labute approximate surface area is 101 Å². The molecule has 1 aromatic rings. The van der Waals surface area contributed by atoms with Gasteiger partial charge in [0, 0.05) is 11.4 Å². The van der Waals surface area contributed by atoms with Gasteiger partial charge in [0.25, 0.3) is 0 Å². The number of hydrogen-bond donors (Lipinski definition) is 2. The molecule has 0 radical (unpaired) electrons. The fourth-order valence-corrected chi connectivity index (χ4v) is 2.18. The molecule has 3 nitrogen and oxygen atoms in total. The Morgan fingerprint density at radius 3 is 2.69 bits per heavy atom. The molecule has 0 saturated heterocycles. The van der Waals surface area contributed by atoms with Crippen molar-refractivity contribution in [1.82, 2.24) is 5.32 Å². The van der Waals surface area contributed by atoms with Crippen LogP contribution in [0, 0.1) is 5.41 Å². The molecule has 0 aliphatic rings. The summed E-state index contributed by atoms with van der Waals surface area (Å²) in [6.45, 7) is 7.03.